The van der Waals surface area contributed by atoms with E-state index in [0.29, 0.717) is 11.6 Å². The normalized spacial score (nSPS) is 10.9. The van der Waals surface area contributed by atoms with Crippen LogP contribution < -0.4 is 10.2 Å². The van der Waals surface area contributed by atoms with Crippen LogP contribution in [0, 0.1) is 11.7 Å². The van der Waals surface area contributed by atoms with E-state index in [1.54, 1.807) is 23.2 Å². The lowest BCUT2D eigenvalue weighted by molar-refractivity contribution is 0.552. The minimum absolute atomic E-state index is 0.244. The third-order valence-electron chi connectivity index (χ3n) is 3.27. The van der Waals surface area contributed by atoms with Crippen molar-refractivity contribution in [2.24, 2.45) is 5.92 Å². The van der Waals surface area contributed by atoms with Gasteiger partial charge in [-0.15, -0.1) is 0 Å². The summed E-state index contributed by atoms with van der Waals surface area (Å²) in [6.07, 6.45) is 1.73. The van der Waals surface area contributed by atoms with Crippen LogP contribution in [0.15, 0.2) is 42.6 Å². The van der Waals surface area contributed by atoms with Gasteiger partial charge >= 0.3 is 0 Å². The van der Waals surface area contributed by atoms with E-state index in [0.717, 1.165) is 24.5 Å². The number of nitrogens with zero attached hydrogens (tertiary/aromatic N) is 2. The van der Waals surface area contributed by atoms with Crippen molar-refractivity contribution in [3.63, 3.8) is 0 Å². The van der Waals surface area contributed by atoms with Gasteiger partial charge in [0.05, 0.1) is 5.69 Å². The average molecular weight is 287 g/mol. The Kier molecular flexibility index (Phi) is 5.28. The fraction of sp³-hybridized carbons (Fsp3) is 0.353. The number of rotatable bonds is 6. The molecule has 0 spiro atoms. The average Bonchev–Trinajstić information content (AvgIpc) is 2.47. The van der Waals surface area contributed by atoms with E-state index in [1.165, 1.54) is 6.07 Å². The second kappa shape index (κ2) is 7.18. The zero-order valence-corrected chi connectivity index (χ0v) is 12.8. The summed E-state index contributed by atoms with van der Waals surface area (Å²) >= 11 is 0. The summed E-state index contributed by atoms with van der Waals surface area (Å²) in [6.45, 7) is 6.00. The van der Waals surface area contributed by atoms with Gasteiger partial charge in [-0.1, -0.05) is 32.0 Å². The van der Waals surface area contributed by atoms with E-state index in [4.69, 9.17) is 0 Å². The van der Waals surface area contributed by atoms with Gasteiger partial charge in [-0.05, 0) is 30.7 Å². The topological polar surface area (TPSA) is 28.2 Å². The molecule has 3 nitrogen and oxygen atoms in total. The number of anilines is 2. The fourth-order valence-corrected chi connectivity index (χ4v) is 2.20. The first-order chi connectivity index (χ1) is 10.1. The van der Waals surface area contributed by atoms with Crippen LogP contribution in [0.25, 0.3) is 0 Å². The number of benzene rings is 1. The molecule has 0 unspecified atom stereocenters. The summed E-state index contributed by atoms with van der Waals surface area (Å²) in [6, 6.07) is 10.7. The molecule has 0 saturated carbocycles. The molecule has 0 amide bonds. The summed E-state index contributed by atoms with van der Waals surface area (Å²) in [7, 11) is 1.84. The van der Waals surface area contributed by atoms with Crippen LogP contribution >= 0.6 is 0 Å². The van der Waals surface area contributed by atoms with E-state index in [2.05, 4.69) is 24.1 Å². The molecule has 0 fully saturated rings. The first kappa shape index (κ1) is 15.4. The largest absolute Gasteiger partial charge is 0.327 e. The van der Waals surface area contributed by atoms with Crippen LogP contribution in [0.5, 0.6) is 0 Å². The maximum Gasteiger partial charge on any atom is 0.146 e. The van der Waals surface area contributed by atoms with Gasteiger partial charge in [-0.25, -0.2) is 9.37 Å². The molecule has 0 aliphatic rings. The van der Waals surface area contributed by atoms with Gasteiger partial charge in [-0.2, -0.15) is 0 Å². The Hall–Kier alpha value is -1.94. The third kappa shape index (κ3) is 4.02. The van der Waals surface area contributed by atoms with Gasteiger partial charge in [0.25, 0.3) is 0 Å². The van der Waals surface area contributed by atoms with Crippen molar-refractivity contribution in [1.29, 1.82) is 0 Å². The Morgan fingerprint density at radius 1 is 1.19 bits per heavy atom. The summed E-state index contributed by atoms with van der Waals surface area (Å²) in [5.74, 6) is 1.13. The van der Waals surface area contributed by atoms with E-state index in [9.17, 15) is 4.39 Å². The molecule has 1 aromatic carbocycles. The molecule has 112 valence electrons. The van der Waals surface area contributed by atoms with Gasteiger partial charge in [0.15, 0.2) is 0 Å². The van der Waals surface area contributed by atoms with Gasteiger partial charge in [0.1, 0.15) is 11.6 Å². The molecule has 0 aliphatic heterocycles. The van der Waals surface area contributed by atoms with Crippen molar-refractivity contribution in [3.8, 4) is 0 Å². The van der Waals surface area contributed by atoms with Gasteiger partial charge < -0.3 is 10.2 Å². The molecule has 4 heteroatoms. The first-order valence-electron chi connectivity index (χ1n) is 7.22. The molecule has 0 radical (unpaired) electrons. The van der Waals surface area contributed by atoms with Crippen LogP contribution in [0.4, 0.5) is 15.9 Å². The van der Waals surface area contributed by atoms with Crippen molar-refractivity contribution in [2.75, 3.05) is 18.5 Å². The molecule has 0 atom stereocenters. The quantitative estimate of drug-likeness (QED) is 0.877. The van der Waals surface area contributed by atoms with Gasteiger partial charge in [0, 0.05) is 25.4 Å². The number of aromatic nitrogens is 1. The van der Waals surface area contributed by atoms with Crippen molar-refractivity contribution in [2.45, 2.75) is 20.4 Å². The highest BCUT2D eigenvalue weighted by Gasteiger charge is 2.13. The molecule has 21 heavy (non-hydrogen) atoms. The van der Waals surface area contributed by atoms with E-state index in [-0.39, 0.29) is 5.82 Å². The standard InChI is InChI=1S/C17H22FN3/c1-13(2)11-19-12-14-7-6-10-20-17(14)21(3)16-9-5-4-8-15(16)18/h4-10,13,19H,11-12H2,1-3H3. The molecule has 1 aromatic heterocycles. The minimum Gasteiger partial charge on any atom is -0.327 e. The minimum atomic E-state index is -0.244. The van der Waals surface area contributed by atoms with Crippen LogP contribution in [0.1, 0.15) is 19.4 Å². The first-order valence-corrected chi connectivity index (χ1v) is 7.22. The van der Waals surface area contributed by atoms with Crippen LogP contribution in [0.3, 0.4) is 0 Å². The van der Waals surface area contributed by atoms with Crippen LogP contribution in [-0.4, -0.2) is 18.6 Å². The van der Waals surface area contributed by atoms with E-state index >= 15 is 0 Å². The predicted molar refractivity (Wildman–Crippen MR) is 85.2 cm³/mol. The second-order valence-electron chi connectivity index (χ2n) is 5.52. The van der Waals surface area contributed by atoms with E-state index < -0.39 is 0 Å². The summed E-state index contributed by atoms with van der Waals surface area (Å²) < 4.78 is 13.9. The molecular weight excluding hydrogens is 265 g/mol. The maximum atomic E-state index is 13.9. The zero-order chi connectivity index (χ0) is 15.2. The molecule has 2 rings (SSSR count). The lowest BCUT2D eigenvalue weighted by Gasteiger charge is -2.22. The lowest BCUT2D eigenvalue weighted by atomic mass is 10.2. The number of nitrogens with one attached hydrogen (secondary N) is 1. The zero-order valence-electron chi connectivity index (χ0n) is 12.8. The third-order valence-corrected chi connectivity index (χ3v) is 3.27. The highest BCUT2D eigenvalue weighted by Crippen LogP contribution is 2.26. The molecule has 1 N–H and O–H groups in total. The summed E-state index contributed by atoms with van der Waals surface area (Å²) in [5, 5.41) is 3.40. The maximum absolute atomic E-state index is 13.9. The van der Waals surface area contributed by atoms with Crippen molar-refractivity contribution >= 4 is 11.5 Å². The second-order valence-corrected chi connectivity index (χ2v) is 5.52. The Balaban J connectivity index is 2.21. The highest BCUT2D eigenvalue weighted by atomic mass is 19.1. The van der Waals surface area contributed by atoms with Crippen molar-refractivity contribution in [1.82, 2.24) is 10.3 Å². The summed E-state index contributed by atoms with van der Waals surface area (Å²) in [5.41, 5.74) is 1.59. The van der Waals surface area contributed by atoms with E-state index in [1.807, 2.05) is 25.2 Å². The monoisotopic (exact) mass is 287 g/mol. The lowest BCUT2D eigenvalue weighted by Crippen LogP contribution is -2.22. The Bertz CT molecular complexity index is 584. The van der Waals surface area contributed by atoms with Crippen molar-refractivity contribution in [3.05, 3.63) is 54.0 Å². The van der Waals surface area contributed by atoms with Gasteiger partial charge in [-0.3, -0.25) is 0 Å². The summed E-state index contributed by atoms with van der Waals surface area (Å²) in [4.78, 5) is 6.21. The Morgan fingerprint density at radius 3 is 2.67 bits per heavy atom. The highest BCUT2D eigenvalue weighted by molar-refractivity contribution is 5.62. The SMILES string of the molecule is CC(C)CNCc1cccnc1N(C)c1ccccc1F. The van der Waals surface area contributed by atoms with Gasteiger partial charge in [0.2, 0.25) is 0 Å². The smallest absolute Gasteiger partial charge is 0.146 e. The van der Waals surface area contributed by atoms with Crippen LogP contribution in [-0.2, 0) is 6.54 Å². The van der Waals surface area contributed by atoms with Crippen LogP contribution in [0.2, 0.25) is 0 Å². The molecule has 0 bridgehead atoms. The molecule has 0 aliphatic carbocycles. The number of para-hydroxylation sites is 1. The fourth-order valence-electron chi connectivity index (χ4n) is 2.20. The Morgan fingerprint density at radius 2 is 1.95 bits per heavy atom. The molecule has 2 aromatic rings. The molecular formula is C17H22FN3. The number of hydrogen-bond donors (Lipinski definition) is 1. The number of halogens is 1. The molecule has 0 saturated heterocycles. The molecule has 1 heterocycles. The Labute approximate surface area is 125 Å². The predicted octanol–water partition coefficient (Wildman–Crippen LogP) is 3.73. The number of pyridine rings is 1. The van der Waals surface area contributed by atoms with Crippen molar-refractivity contribution < 1.29 is 4.39 Å². The number of hydrogen-bond acceptors (Lipinski definition) is 3.